The molecule has 104 valence electrons. The van der Waals surface area contributed by atoms with Crippen molar-refractivity contribution in [2.75, 3.05) is 0 Å². The Kier molecular flexibility index (Phi) is 5.17. The van der Waals surface area contributed by atoms with Gasteiger partial charge in [-0.25, -0.2) is 4.79 Å². The van der Waals surface area contributed by atoms with Crippen LogP contribution in [0.2, 0.25) is 0 Å². The van der Waals surface area contributed by atoms with E-state index in [-0.39, 0.29) is 6.04 Å². The molecule has 0 saturated heterocycles. The van der Waals surface area contributed by atoms with E-state index >= 15 is 0 Å². The summed E-state index contributed by atoms with van der Waals surface area (Å²) in [7, 11) is 0. The second kappa shape index (κ2) is 6.21. The van der Waals surface area contributed by atoms with Crippen molar-refractivity contribution in [3.8, 4) is 0 Å². The van der Waals surface area contributed by atoms with Crippen molar-refractivity contribution in [1.82, 2.24) is 5.32 Å². The smallest absolute Gasteiger partial charge is 0.407 e. The number of hydrogen-bond donors (Lipinski definition) is 1. The SMILES string of the molecule is CC(CCC(=O)CC1CC1)NC(=O)OC(C)(C)C. The highest BCUT2D eigenvalue weighted by Gasteiger charge is 2.24. The van der Waals surface area contributed by atoms with Gasteiger partial charge >= 0.3 is 6.09 Å². The Morgan fingerprint density at radius 2 is 1.94 bits per heavy atom. The van der Waals surface area contributed by atoms with E-state index in [2.05, 4.69) is 5.32 Å². The molecule has 1 atom stereocenters. The standard InChI is InChI=1S/C14H25NO3/c1-10(15-13(17)18-14(2,3)4)5-8-12(16)9-11-6-7-11/h10-11H,5-9H2,1-4H3,(H,15,17). The van der Waals surface area contributed by atoms with Crippen LogP contribution in [0.4, 0.5) is 4.79 Å². The van der Waals surface area contributed by atoms with Crippen LogP contribution in [0.1, 0.15) is 59.8 Å². The van der Waals surface area contributed by atoms with Gasteiger partial charge in [0.25, 0.3) is 0 Å². The second-order valence-corrected chi connectivity index (χ2v) is 6.27. The van der Waals surface area contributed by atoms with E-state index in [0.29, 0.717) is 24.5 Å². The van der Waals surface area contributed by atoms with Crippen molar-refractivity contribution in [1.29, 1.82) is 0 Å². The van der Waals surface area contributed by atoms with Crippen molar-refractivity contribution >= 4 is 11.9 Å². The van der Waals surface area contributed by atoms with E-state index in [1.165, 1.54) is 12.8 Å². The van der Waals surface area contributed by atoms with Gasteiger partial charge in [0.15, 0.2) is 0 Å². The van der Waals surface area contributed by atoms with Crippen LogP contribution in [-0.4, -0.2) is 23.5 Å². The van der Waals surface area contributed by atoms with Gasteiger partial charge in [0.1, 0.15) is 11.4 Å². The van der Waals surface area contributed by atoms with Gasteiger partial charge in [-0.2, -0.15) is 0 Å². The molecule has 0 aromatic heterocycles. The molecule has 1 saturated carbocycles. The predicted molar refractivity (Wildman–Crippen MR) is 70.4 cm³/mol. The molecular weight excluding hydrogens is 230 g/mol. The fraction of sp³-hybridized carbons (Fsp3) is 0.857. The molecule has 1 unspecified atom stereocenters. The predicted octanol–water partition coefficient (Wildman–Crippen LogP) is 3.05. The highest BCUT2D eigenvalue weighted by molar-refractivity contribution is 5.79. The first-order valence-corrected chi connectivity index (χ1v) is 6.77. The van der Waals surface area contributed by atoms with Gasteiger partial charge < -0.3 is 10.1 Å². The molecule has 1 aliphatic rings. The Hall–Kier alpha value is -1.06. The van der Waals surface area contributed by atoms with Crippen LogP contribution >= 0.6 is 0 Å². The molecule has 4 nitrogen and oxygen atoms in total. The Labute approximate surface area is 109 Å². The number of amides is 1. The minimum absolute atomic E-state index is 0.0250. The van der Waals surface area contributed by atoms with E-state index in [1.54, 1.807) is 0 Å². The monoisotopic (exact) mass is 255 g/mol. The lowest BCUT2D eigenvalue weighted by atomic mass is 10.1. The molecule has 1 fully saturated rings. The lowest BCUT2D eigenvalue weighted by Gasteiger charge is -2.21. The number of ether oxygens (including phenoxy) is 1. The lowest BCUT2D eigenvalue weighted by molar-refractivity contribution is -0.119. The number of ketones is 1. The normalized spacial score (nSPS) is 17.1. The van der Waals surface area contributed by atoms with Crippen molar-refractivity contribution in [2.24, 2.45) is 5.92 Å². The first-order valence-electron chi connectivity index (χ1n) is 6.77. The number of Topliss-reactive ketones (excluding diaryl/α,β-unsaturated/α-hetero) is 1. The third-order valence-corrected chi connectivity index (χ3v) is 2.83. The largest absolute Gasteiger partial charge is 0.444 e. The Balaban J connectivity index is 2.13. The van der Waals surface area contributed by atoms with Gasteiger partial charge in [0, 0.05) is 18.9 Å². The molecule has 0 heterocycles. The Bertz CT molecular complexity index is 303. The van der Waals surface area contributed by atoms with E-state index in [0.717, 1.165) is 6.42 Å². The number of alkyl carbamates (subject to hydrolysis) is 1. The highest BCUT2D eigenvalue weighted by Crippen LogP contribution is 2.32. The Morgan fingerprint density at radius 1 is 1.33 bits per heavy atom. The molecule has 0 aromatic carbocycles. The number of carbonyl (C=O) groups excluding carboxylic acids is 2. The third-order valence-electron chi connectivity index (χ3n) is 2.83. The molecule has 1 N–H and O–H groups in total. The van der Waals surface area contributed by atoms with E-state index in [9.17, 15) is 9.59 Å². The summed E-state index contributed by atoms with van der Waals surface area (Å²) in [4.78, 5) is 23.1. The van der Waals surface area contributed by atoms with Crippen LogP contribution in [0.15, 0.2) is 0 Å². The third kappa shape index (κ3) is 7.30. The summed E-state index contributed by atoms with van der Waals surface area (Å²) in [6.07, 6.45) is 3.96. The maximum Gasteiger partial charge on any atom is 0.407 e. The van der Waals surface area contributed by atoms with Crippen molar-refractivity contribution in [3.63, 3.8) is 0 Å². The highest BCUT2D eigenvalue weighted by atomic mass is 16.6. The molecule has 1 aliphatic carbocycles. The van der Waals surface area contributed by atoms with Crippen LogP contribution in [0.25, 0.3) is 0 Å². The maximum absolute atomic E-state index is 11.6. The molecule has 4 heteroatoms. The molecule has 18 heavy (non-hydrogen) atoms. The summed E-state index contributed by atoms with van der Waals surface area (Å²) in [5, 5.41) is 2.75. The summed E-state index contributed by atoms with van der Waals surface area (Å²) >= 11 is 0. The minimum Gasteiger partial charge on any atom is -0.444 e. The van der Waals surface area contributed by atoms with Crippen LogP contribution in [0.5, 0.6) is 0 Å². The maximum atomic E-state index is 11.6. The zero-order valence-corrected chi connectivity index (χ0v) is 11.9. The summed E-state index contributed by atoms with van der Waals surface area (Å²) in [5.74, 6) is 0.960. The minimum atomic E-state index is -0.481. The van der Waals surface area contributed by atoms with Gasteiger partial charge in [0.05, 0.1) is 0 Å². The molecular formula is C14H25NO3. The number of hydrogen-bond acceptors (Lipinski definition) is 3. The molecule has 1 rings (SSSR count). The van der Waals surface area contributed by atoms with E-state index in [1.807, 2.05) is 27.7 Å². The number of carbonyl (C=O) groups is 2. The lowest BCUT2D eigenvalue weighted by Crippen LogP contribution is -2.37. The zero-order chi connectivity index (χ0) is 13.8. The van der Waals surface area contributed by atoms with Crippen LogP contribution in [0.3, 0.4) is 0 Å². The van der Waals surface area contributed by atoms with Gasteiger partial charge in [-0.3, -0.25) is 4.79 Å². The average Bonchev–Trinajstić information content (AvgIpc) is 2.95. The first-order chi connectivity index (χ1) is 8.26. The van der Waals surface area contributed by atoms with E-state index in [4.69, 9.17) is 4.74 Å². The van der Waals surface area contributed by atoms with Crippen LogP contribution < -0.4 is 5.32 Å². The fourth-order valence-corrected chi connectivity index (χ4v) is 1.70. The average molecular weight is 255 g/mol. The van der Waals surface area contributed by atoms with Gasteiger partial charge in [-0.15, -0.1) is 0 Å². The van der Waals surface area contributed by atoms with Crippen molar-refractivity contribution < 1.29 is 14.3 Å². The van der Waals surface area contributed by atoms with Crippen LogP contribution in [0, 0.1) is 5.92 Å². The topological polar surface area (TPSA) is 55.4 Å². The van der Waals surface area contributed by atoms with Crippen molar-refractivity contribution in [2.45, 2.75) is 71.4 Å². The quantitative estimate of drug-likeness (QED) is 0.793. The molecule has 0 aromatic rings. The summed E-state index contributed by atoms with van der Waals surface area (Å²) < 4.78 is 5.15. The van der Waals surface area contributed by atoms with Gasteiger partial charge in [-0.1, -0.05) is 0 Å². The molecule has 0 bridgehead atoms. The number of nitrogens with one attached hydrogen (secondary N) is 1. The molecule has 0 aliphatic heterocycles. The van der Waals surface area contributed by atoms with Gasteiger partial charge in [-0.05, 0) is 52.9 Å². The molecule has 1 amide bonds. The Morgan fingerprint density at radius 3 is 2.44 bits per heavy atom. The zero-order valence-electron chi connectivity index (χ0n) is 11.9. The first kappa shape index (κ1) is 15.0. The molecule has 0 spiro atoms. The van der Waals surface area contributed by atoms with Crippen molar-refractivity contribution in [3.05, 3.63) is 0 Å². The van der Waals surface area contributed by atoms with E-state index < -0.39 is 11.7 Å². The second-order valence-electron chi connectivity index (χ2n) is 6.27. The summed E-state index contributed by atoms with van der Waals surface area (Å²) in [6.45, 7) is 7.39. The van der Waals surface area contributed by atoms with Crippen LogP contribution in [-0.2, 0) is 9.53 Å². The summed E-state index contributed by atoms with van der Waals surface area (Å²) in [6, 6.07) is -0.0250. The molecule has 0 radical (unpaired) electrons. The number of rotatable bonds is 6. The fourth-order valence-electron chi connectivity index (χ4n) is 1.70. The summed E-state index contributed by atoms with van der Waals surface area (Å²) in [5.41, 5.74) is -0.481. The van der Waals surface area contributed by atoms with Gasteiger partial charge in [0.2, 0.25) is 0 Å².